The molecule has 1 amide bonds. The van der Waals surface area contributed by atoms with Gasteiger partial charge in [0, 0.05) is 31.6 Å². The maximum Gasteiger partial charge on any atom is 0.246 e. The van der Waals surface area contributed by atoms with Gasteiger partial charge in [-0.15, -0.1) is 0 Å². The molecular weight excluding hydrogens is 356 g/mol. The van der Waals surface area contributed by atoms with Gasteiger partial charge in [0.25, 0.3) is 0 Å². The van der Waals surface area contributed by atoms with Crippen LogP contribution in [-0.4, -0.2) is 56.9 Å². The fourth-order valence-electron chi connectivity index (χ4n) is 4.25. The van der Waals surface area contributed by atoms with Crippen molar-refractivity contribution in [3.8, 4) is 11.5 Å². The molecule has 2 aromatic rings. The zero-order valence-corrected chi connectivity index (χ0v) is 16.3. The van der Waals surface area contributed by atoms with Crippen molar-refractivity contribution in [1.82, 2.24) is 10.2 Å². The van der Waals surface area contributed by atoms with Crippen molar-refractivity contribution in [1.29, 1.82) is 0 Å². The van der Waals surface area contributed by atoms with Crippen LogP contribution < -0.4 is 14.8 Å². The SMILES string of the molecule is COc1cc(CN2C[C@H](c3ccccc3)[C@H]3OCC(=O)NC[C@H]32)cc(OC)c1. The Kier molecular flexibility index (Phi) is 5.50. The second-order valence-electron chi connectivity index (χ2n) is 7.31. The van der Waals surface area contributed by atoms with E-state index in [-0.39, 0.29) is 30.6 Å². The van der Waals surface area contributed by atoms with Gasteiger partial charge < -0.3 is 19.5 Å². The molecule has 2 fully saturated rings. The summed E-state index contributed by atoms with van der Waals surface area (Å²) in [6.45, 7) is 2.31. The predicted molar refractivity (Wildman–Crippen MR) is 106 cm³/mol. The van der Waals surface area contributed by atoms with E-state index < -0.39 is 0 Å². The molecule has 6 heteroatoms. The van der Waals surface area contributed by atoms with Crippen molar-refractivity contribution in [2.75, 3.05) is 33.9 Å². The number of carbonyl (C=O) groups excluding carboxylic acids is 1. The molecule has 0 aliphatic carbocycles. The van der Waals surface area contributed by atoms with Gasteiger partial charge in [-0.05, 0) is 23.3 Å². The molecule has 1 N–H and O–H groups in total. The van der Waals surface area contributed by atoms with Gasteiger partial charge in [0.1, 0.15) is 18.1 Å². The highest BCUT2D eigenvalue weighted by atomic mass is 16.5. The summed E-state index contributed by atoms with van der Waals surface area (Å²) in [7, 11) is 3.31. The fraction of sp³-hybridized carbons (Fsp3) is 0.409. The number of benzene rings is 2. The van der Waals surface area contributed by atoms with Crippen LogP contribution in [0.25, 0.3) is 0 Å². The van der Waals surface area contributed by atoms with Gasteiger partial charge in [-0.2, -0.15) is 0 Å². The number of nitrogens with zero attached hydrogens (tertiary/aromatic N) is 1. The second kappa shape index (κ2) is 8.20. The Labute approximate surface area is 165 Å². The van der Waals surface area contributed by atoms with Gasteiger partial charge in [0.15, 0.2) is 0 Å². The van der Waals surface area contributed by atoms with Crippen LogP contribution in [0.4, 0.5) is 0 Å². The lowest BCUT2D eigenvalue weighted by molar-refractivity contribution is -0.125. The number of methoxy groups -OCH3 is 2. The highest BCUT2D eigenvalue weighted by Crippen LogP contribution is 2.36. The Hall–Kier alpha value is -2.57. The number of hydrogen-bond acceptors (Lipinski definition) is 5. The number of carbonyl (C=O) groups is 1. The van der Waals surface area contributed by atoms with E-state index in [1.165, 1.54) is 5.56 Å². The van der Waals surface area contributed by atoms with Crippen LogP contribution in [0.1, 0.15) is 17.0 Å². The summed E-state index contributed by atoms with van der Waals surface area (Å²) in [5.41, 5.74) is 2.36. The molecule has 148 valence electrons. The van der Waals surface area contributed by atoms with Gasteiger partial charge in [-0.25, -0.2) is 0 Å². The van der Waals surface area contributed by atoms with Gasteiger partial charge in [0.2, 0.25) is 5.91 Å². The van der Waals surface area contributed by atoms with Crippen molar-refractivity contribution >= 4 is 5.91 Å². The lowest BCUT2D eigenvalue weighted by atomic mass is 9.93. The van der Waals surface area contributed by atoms with Crippen LogP contribution in [0.15, 0.2) is 48.5 Å². The average Bonchev–Trinajstić information content (AvgIpc) is 2.95. The van der Waals surface area contributed by atoms with Gasteiger partial charge in [0.05, 0.1) is 26.4 Å². The summed E-state index contributed by atoms with van der Waals surface area (Å²) in [4.78, 5) is 14.3. The van der Waals surface area contributed by atoms with Gasteiger partial charge in [-0.3, -0.25) is 9.69 Å². The van der Waals surface area contributed by atoms with E-state index in [0.717, 1.165) is 30.2 Å². The largest absolute Gasteiger partial charge is 0.497 e. The molecule has 2 aromatic carbocycles. The van der Waals surface area contributed by atoms with Gasteiger partial charge in [-0.1, -0.05) is 30.3 Å². The van der Waals surface area contributed by atoms with E-state index in [4.69, 9.17) is 14.2 Å². The maximum atomic E-state index is 11.9. The number of rotatable bonds is 5. The van der Waals surface area contributed by atoms with Gasteiger partial charge >= 0.3 is 0 Å². The predicted octanol–water partition coefficient (Wildman–Crippen LogP) is 2.19. The molecule has 4 rings (SSSR count). The van der Waals surface area contributed by atoms with Crippen LogP contribution in [-0.2, 0) is 16.1 Å². The first-order valence-corrected chi connectivity index (χ1v) is 9.57. The lowest BCUT2D eigenvalue weighted by Crippen LogP contribution is -2.42. The Balaban J connectivity index is 1.62. The first kappa shape index (κ1) is 18.8. The molecule has 2 saturated heterocycles. The highest BCUT2D eigenvalue weighted by molar-refractivity contribution is 5.77. The first-order chi connectivity index (χ1) is 13.7. The monoisotopic (exact) mass is 382 g/mol. The number of amides is 1. The molecule has 0 saturated carbocycles. The summed E-state index contributed by atoms with van der Waals surface area (Å²) in [5.74, 6) is 1.72. The van der Waals surface area contributed by atoms with Crippen LogP contribution in [0, 0.1) is 0 Å². The van der Waals surface area contributed by atoms with Crippen molar-refractivity contribution in [2.24, 2.45) is 0 Å². The highest BCUT2D eigenvalue weighted by Gasteiger charge is 2.44. The molecule has 2 aliphatic rings. The number of fused-ring (bicyclic) bond motifs is 1. The minimum atomic E-state index is -0.0517. The van der Waals surface area contributed by atoms with Crippen LogP contribution in [0.5, 0.6) is 11.5 Å². The summed E-state index contributed by atoms with van der Waals surface area (Å²) in [5, 5.41) is 2.99. The van der Waals surface area contributed by atoms with Crippen molar-refractivity contribution < 1.29 is 19.0 Å². The second-order valence-corrected chi connectivity index (χ2v) is 7.31. The zero-order chi connectivity index (χ0) is 19.5. The molecule has 6 nitrogen and oxygen atoms in total. The molecule has 0 unspecified atom stereocenters. The molecular formula is C22H26N2O4. The molecule has 2 heterocycles. The molecule has 28 heavy (non-hydrogen) atoms. The van der Waals surface area contributed by atoms with Crippen LogP contribution >= 0.6 is 0 Å². The van der Waals surface area contributed by atoms with Crippen molar-refractivity contribution in [3.63, 3.8) is 0 Å². The van der Waals surface area contributed by atoms with Crippen LogP contribution in [0.3, 0.4) is 0 Å². The molecule has 0 radical (unpaired) electrons. The first-order valence-electron chi connectivity index (χ1n) is 9.57. The fourth-order valence-corrected chi connectivity index (χ4v) is 4.25. The molecule has 3 atom stereocenters. The molecule has 0 spiro atoms. The normalized spacial score (nSPS) is 24.9. The lowest BCUT2D eigenvalue weighted by Gasteiger charge is -2.26. The minimum Gasteiger partial charge on any atom is -0.497 e. The third-order valence-electron chi connectivity index (χ3n) is 5.62. The van der Waals surface area contributed by atoms with E-state index in [9.17, 15) is 4.79 Å². The third kappa shape index (κ3) is 3.84. The zero-order valence-electron chi connectivity index (χ0n) is 16.3. The van der Waals surface area contributed by atoms with Crippen molar-refractivity contribution in [3.05, 3.63) is 59.7 Å². The van der Waals surface area contributed by atoms with E-state index in [1.54, 1.807) is 14.2 Å². The Morgan fingerprint density at radius 2 is 1.82 bits per heavy atom. The van der Waals surface area contributed by atoms with Crippen molar-refractivity contribution in [2.45, 2.75) is 24.6 Å². The van der Waals surface area contributed by atoms with E-state index in [2.05, 4.69) is 34.5 Å². The average molecular weight is 382 g/mol. The summed E-state index contributed by atoms with van der Waals surface area (Å²) >= 11 is 0. The summed E-state index contributed by atoms with van der Waals surface area (Å²) < 4.78 is 16.9. The smallest absolute Gasteiger partial charge is 0.246 e. The maximum absolute atomic E-state index is 11.9. The quantitative estimate of drug-likeness (QED) is 0.859. The molecule has 2 aliphatic heterocycles. The summed E-state index contributed by atoms with van der Waals surface area (Å²) in [6, 6.07) is 16.5. The Morgan fingerprint density at radius 1 is 1.11 bits per heavy atom. The standard InChI is InChI=1S/C22H26N2O4/c1-26-17-8-15(9-18(10-17)27-2)12-24-13-19(16-6-4-3-5-7-16)22-20(24)11-23-21(25)14-28-22/h3-10,19-20,22H,11-14H2,1-2H3,(H,23,25)/t19-,20-,22-/m1/s1. The third-order valence-corrected chi connectivity index (χ3v) is 5.62. The molecule has 0 bridgehead atoms. The number of likely N-dealkylation sites (tertiary alicyclic amines) is 1. The number of nitrogens with one attached hydrogen (secondary N) is 1. The molecule has 0 aromatic heterocycles. The van der Waals surface area contributed by atoms with E-state index >= 15 is 0 Å². The minimum absolute atomic E-state index is 0.0196. The Bertz CT molecular complexity index is 804. The number of ether oxygens (including phenoxy) is 3. The van der Waals surface area contributed by atoms with Crippen LogP contribution in [0.2, 0.25) is 0 Å². The van der Waals surface area contributed by atoms with E-state index in [0.29, 0.717) is 6.54 Å². The Morgan fingerprint density at radius 3 is 2.50 bits per heavy atom. The number of hydrogen-bond donors (Lipinski definition) is 1. The topological polar surface area (TPSA) is 60.0 Å². The summed E-state index contributed by atoms with van der Waals surface area (Å²) in [6.07, 6.45) is -0.0196. The van der Waals surface area contributed by atoms with E-state index in [1.807, 2.05) is 24.3 Å².